The Kier molecular flexibility index (Phi) is 13.2. The van der Waals surface area contributed by atoms with Gasteiger partial charge >= 0.3 is 5.97 Å². The number of ketones is 1. The molecule has 3 aliphatic heterocycles. The van der Waals surface area contributed by atoms with Crippen molar-refractivity contribution in [3.63, 3.8) is 0 Å². The first-order chi connectivity index (χ1) is 25.5. The van der Waals surface area contributed by atoms with E-state index in [-0.39, 0.29) is 78.8 Å². The molecule has 5 aliphatic rings. The summed E-state index contributed by atoms with van der Waals surface area (Å²) in [5.41, 5.74) is 2.77. The second-order valence-corrected chi connectivity index (χ2v) is 15.8. The van der Waals surface area contributed by atoms with Crippen LogP contribution in [-0.4, -0.2) is 113 Å². The molecule has 14 atom stereocenters. The number of methoxy groups -OCH3 is 3. The van der Waals surface area contributed by atoms with Crippen LogP contribution in [0.15, 0.2) is 35.9 Å². The van der Waals surface area contributed by atoms with Crippen LogP contribution in [0.5, 0.6) is 5.75 Å². The lowest BCUT2D eigenvalue weighted by molar-refractivity contribution is -0.282. The fraction of sp³-hybridized carbons (Fsp3) is 0.714. The van der Waals surface area contributed by atoms with Crippen molar-refractivity contribution in [3.05, 3.63) is 47.1 Å². The van der Waals surface area contributed by atoms with Crippen LogP contribution < -0.4 is 4.74 Å². The highest BCUT2D eigenvalue weighted by Crippen LogP contribution is 2.50. The monoisotopic (exact) mass is 739 g/mol. The maximum atomic E-state index is 14.6. The molecular weight excluding hydrogens is 678 g/mol. The number of hydrogen-bond acceptors (Lipinski definition) is 11. The van der Waals surface area contributed by atoms with Crippen LogP contribution in [0.2, 0.25) is 0 Å². The van der Waals surface area contributed by atoms with Gasteiger partial charge in [-0.1, -0.05) is 38.1 Å². The first-order valence-electron chi connectivity index (χ1n) is 19.6. The normalized spacial score (nSPS) is 39.2. The molecule has 11 heteroatoms. The van der Waals surface area contributed by atoms with Crippen LogP contribution in [-0.2, 0) is 42.7 Å². The molecule has 6 rings (SSSR count). The van der Waals surface area contributed by atoms with Crippen LogP contribution in [0.25, 0.3) is 6.08 Å². The van der Waals surface area contributed by atoms with Crippen molar-refractivity contribution < 1.29 is 47.5 Å². The van der Waals surface area contributed by atoms with E-state index < -0.39 is 18.3 Å². The predicted octanol–water partition coefficient (Wildman–Crippen LogP) is 6.08. The molecule has 0 saturated carbocycles. The van der Waals surface area contributed by atoms with Gasteiger partial charge in [-0.3, -0.25) is 9.59 Å². The minimum atomic E-state index is -0.710. The second kappa shape index (κ2) is 17.4. The Balaban J connectivity index is 1.25. The second-order valence-electron chi connectivity index (χ2n) is 15.8. The van der Waals surface area contributed by atoms with Gasteiger partial charge in [0.15, 0.2) is 12.1 Å². The van der Waals surface area contributed by atoms with E-state index in [2.05, 4.69) is 57.1 Å². The summed E-state index contributed by atoms with van der Waals surface area (Å²) >= 11 is 0. The number of esters is 1. The van der Waals surface area contributed by atoms with Gasteiger partial charge in [0.25, 0.3) is 0 Å². The number of carbonyl (C=O) groups excluding carboxylic acids is 2. The van der Waals surface area contributed by atoms with Gasteiger partial charge in [-0.15, -0.1) is 0 Å². The standard InChI is InChI=1S/C42H61NO10/c1-10-27-12-11-13-35(53-37-19-18-34(43(5)6)24(3)49-37)23(2)38(45)33-21-31-29-17-15-28(20-26(29)14-16-30(31)32(33)22-36(44)51-27)52-42-41(48-9)40(47-8)39(46-7)25(4)50-42/h14-17,20-21,23-25,27,30-32,34-35,37,39-42H,10-13,18-19,22H2,1-9H3/t23-,24-,25+,27+,30-,31+,32+,34+,35+,37+,39+,40-,41-,42+/m1/s1. The van der Waals surface area contributed by atoms with Crippen molar-refractivity contribution in [2.75, 3.05) is 35.4 Å². The van der Waals surface area contributed by atoms with E-state index in [4.69, 9.17) is 37.9 Å². The highest BCUT2D eigenvalue weighted by molar-refractivity contribution is 5.99. The molecule has 0 bridgehead atoms. The minimum Gasteiger partial charge on any atom is -0.462 e. The lowest BCUT2D eigenvalue weighted by atomic mass is 9.75. The SMILES string of the molecule is CC[C@H]1CCC[C@H](O[C@H]2CC[C@H](N(C)C)[C@@H](C)O2)[C@@H](C)C(=O)C2=C[C@H]3c4ccc(O[C@@H]5O[C@@H](C)[C@H](OC)[C@@H](OC)[C@H]5OC)cc4C=C[C@H]3[C@@H]2CC(=O)O1. The lowest BCUT2D eigenvalue weighted by Crippen LogP contribution is -2.60. The largest absolute Gasteiger partial charge is 0.462 e. The zero-order valence-electron chi connectivity index (χ0n) is 33.0. The molecule has 0 spiro atoms. The van der Waals surface area contributed by atoms with Crippen molar-refractivity contribution >= 4 is 17.8 Å². The smallest absolute Gasteiger partial charge is 0.306 e. The summed E-state index contributed by atoms with van der Waals surface area (Å²) in [5.74, 6) is -0.418. The van der Waals surface area contributed by atoms with Crippen molar-refractivity contribution in [1.82, 2.24) is 4.90 Å². The summed E-state index contributed by atoms with van der Waals surface area (Å²) in [7, 11) is 9.04. The Morgan fingerprint density at radius 1 is 0.887 bits per heavy atom. The van der Waals surface area contributed by atoms with E-state index in [1.165, 1.54) is 0 Å². The Bertz CT molecular complexity index is 1490. The number of hydrogen-bond donors (Lipinski definition) is 0. The number of likely N-dealkylation sites (N-methyl/N-ethyl adjacent to an activating group) is 1. The average molecular weight is 740 g/mol. The van der Waals surface area contributed by atoms with Gasteiger partial charge < -0.3 is 42.8 Å². The topological polar surface area (TPSA) is 111 Å². The Labute approximate surface area is 315 Å². The molecule has 1 aromatic carbocycles. The van der Waals surface area contributed by atoms with Gasteiger partial charge in [-0.2, -0.15) is 0 Å². The summed E-state index contributed by atoms with van der Waals surface area (Å²) in [4.78, 5) is 30.3. The minimum absolute atomic E-state index is 0.0261. The highest BCUT2D eigenvalue weighted by Gasteiger charge is 2.48. The van der Waals surface area contributed by atoms with Crippen LogP contribution in [0.4, 0.5) is 0 Å². The van der Waals surface area contributed by atoms with Crippen molar-refractivity contribution in [1.29, 1.82) is 0 Å². The van der Waals surface area contributed by atoms with Crippen molar-refractivity contribution in [2.45, 2.75) is 140 Å². The van der Waals surface area contributed by atoms with E-state index in [1.54, 1.807) is 21.3 Å². The third-order valence-corrected chi connectivity index (χ3v) is 12.4. The summed E-state index contributed by atoms with van der Waals surface area (Å²) in [6.07, 6.45) is 8.20. The molecule has 2 aliphatic carbocycles. The quantitative estimate of drug-likeness (QED) is 0.275. The Hall–Kier alpha value is -2.64. The molecule has 294 valence electrons. The summed E-state index contributed by atoms with van der Waals surface area (Å²) in [6.45, 7) is 8.07. The summed E-state index contributed by atoms with van der Waals surface area (Å²) in [5, 5.41) is 0. The number of allylic oxidation sites excluding steroid dienone is 3. The van der Waals surface area contributed by atoms with Crippen LogP contribution in [0.3, 0.4) is 0 Å². The number of ether oxygens (including phenoxy) is 8. The molecule has 0 unspecified atom stereocenters. The van der Waals surface area contributed by atoms with Gasteiger partial charge in [-0.25, -0.2) is 0 Å². The average Bonchev–Trinajstić information content (AvgIpc) is 3.50. The third kappa shape index (κ3) is 8.47. The molecule has 0 aromatic heterocycles. The fourth-order valence-corrected chi connectivity index (χ4v) is 9.37. The van der Waals surface area contributed by atoms with Gasteiger partial charge in [0, 0.05) is 45.1 Å². The number of nitrogens with zero attached hydrogens (tertiary/aromatic N) is 1. The lowest BCUT2D eigenvalue weighted by Gasteiger charge is -2.43. The van der Waals surface area contributed by atoms with E-state index in [1.807, 2.05) is 26.0 Å². The van der Waals surface area contributed by atoms with E-state index in [0.29, 0.717) is 23.8 Å². The van der Waals surface area contributed by atoms with Gasteiger partial charge in [0.05, 0.1) is 24.7 Å². The molecular formula is C42H61NO10. The van der Waals surface area contributed by atoms with Gasteiger partial charge in [0.1, 0.15) is 30.2 Å². The number of fused-ring (bicyclic) bond motifs is 5. The molecule has 3 fully saturated rings. The number of Topliss-reactive ketones (excluding diaryl/α,β-unsaturated/α-hetero) is 1. The maximum Gasteiger partial charge on any atom is 0.306 e. The van der Waals surface area contributed by atoms with E-state index in [9.17, 15) is 9.59 Å². The number of carbonyl (C=O) groups is 2. The molecule has 0 N–H and O–H groups in total. The Morgan fingerprint density at radius 2 is 1.64 bits per heavy atom. The molecule has 1 aromatic rings. The molecule has 53 heavy (non-hydrogen) atoms. The maximum absolute atomic E-state index is 14.6. The van der Waals surface area contributed by atoms with Gasteiger partial charge in [0.2, 0.25) is 6.29 Å². The zero-order chi connectivity index (χ0) is 38.0. The van der Waals surface area contributed by atoms with Crippen molar-refractivity contribution in [2.24, 2.45) is 17.8 Å². The number of benzene rings is 1. The third-order valence-electron chi connectivity index (χ3n) is 12.4. The van der Waals surface area contributed by atoms with Gasteiger partial charge in [-0.05, 0) is 101 Å². The number of rotatable bonds is 9. The Morgan fingerprint density at radius 3 is 2.32 bits per heavy atom. The van der Waals surface area contributed by atoms with Crippen LogP contribution in [0, 0.1) is 17.8 Å². The van der Waals surface area contributed by atoms with E-state index >= 15 is 0 Å². The summed E-state index contributed by atoms with van der Waals surface area (Å²) < 4.78 is 48.9. The van der Waals surface area contributed by atoms with Crippen molar-refractivity contribution in [3.8, 4) is 5.75 Å². The first kappa shape index (κ1) is 40.0. The highest BCUT2D eigenvalue weighted by atomic mass is 16.7. The number of cyclic esters (lactones) is 1. The fourth-order valence-electron chi connectivity index (χ4n) is 9.37. The van der Waals surface area contributed by atoms with Crippen LogP contribution >= 0.6 is 0 Å². The molecule has 3 heterocycles. The molecule has 3 saturated heterocycles. The molecule has 0 amide bonds. The summed E-state index contributed by atoms with van der Waals surface area (Å²) in [6, 6.07) is 6.32. The predicted molar refractivity (Wildman–Crippen MR) is 199 cm³/mol. The zero-order valence-corrected chi connectivity index (χ0v) is 33.0. The first-order valence-corrected chi connectivity index (χ1v) is 19.6. The van der Waals surface area contributed by atoms with E-state index in [0.717, 1.165) is 43.2 Å². The molecule has 11 nitrogen and oxygen atoms in total. The van der Waals surface area contributed by atoms with Crippen LogP contribution in [0.1, 0.15) is 89.7 Å². The molecule has 0 radical (unpaired) electrons.